The summed E-state index contributed by atoms with van der Waals surface area (Å²) in [4.78, 5) is 12.4. The third kappa shape index (κ3) is 3.08. The standard InChI is InChI=1S/C18H19NO4/c1-4-11-5-7-14(20)13(9-11)17(21)19-12-6-8-15-16(10-12)23-18(2,3)22-15/h5-10,20H,4H2,1-3H3,(H,19,21). The van der Waals surface area contributed by atoms with Crippen LogP contribution in [0.5, 0.6) is 17.2 Å². The van der Waals surface area contributed by atoms with Gasteiger partial charge in [0.15, 0.2) is 11.5 Å². The number of carbonyl (C=O) groups is 1. The fourth-order valence-electron chi connectivity index (χ4n) is 2.48. The number of amides is 1. The Kier molecular flexibility index (Phi) is 3.64. The van der Waals surface area contributed by atoms with Crippen molar-refractivity contribution in [2.24, 2.45) is 0 Å². The summed E-state index contributed by atoms with van der Waals surface area (Å²) in [6, 6.07) is 10.2. The van der Waals surface area contributed by atoms with E-state index < -0.39 is 5.79 Å². The van der Waals surface area contributed by atoms with Crippen molar-refractivity contribution in [1.82, 2.24) is 0 Å². The second kappa shape index (κ2) is 5.50. The van der Waals surface area contributed by atoms with Gasteiger partial charge in [-0.25, -0.2) is 0 Å². The summed E-state index contributed by atoms with van der Waals surface area (Å²) in [5, 5.41) is 12.7. The van der Waals surface area contributed by atoms with E-state index in [9.17, 15) is 9.90 Å². The number of anilines is 1. The first-order valence-electron chi connectivity index (χ1n) is 7.53. The number of phenolic OH excluding ortho intramolecular Hbond substituents is 1. The van der Waals surface area contributed by atoms with Gasteiger partial charge in [-0.1, -0.05) is 13.0 Å². The summed E-state index contributed by atoms with van der Waals surface area (Å²) < 4.78 is 11.3. The second-order valence-electron chi connectivity index (χ2n) is 5.92. The van der Waals surface area contributed by atoms with Crippen LogP contribution in [-0.2, 0) is 6.42 Å². The Morgan fingerprint density at radius 2 is 1.87 bits per heavy atom. The van der Waals surface area contributed by atoms with Crippen molar-refractivity contribution in [2.75, 3.05) is 5.32 Å². The lowest BCUT2D eigenvalue weighted by Gasteiger charge is -2.16. The van der Waals surface area contributed by atoms with E-state index >= 15 is 0 Å². The van der Waals surface area contributed by atoms with Crippen LogP contribution in [-0.4, -0.2) is 16.8 Å². The number of aryl methyl sites for hydroxylation is 1. The highest BCUT2D eigenvalue weighted by molar-refractivity contribution is 6.06. The van der Waals surface area contributed by atoms with Crippen LogP contribution in [0.4, 0.5) is 5.69 Å². The van der Waals surface area contributed by atoms with E-state index in [4.69, 9.17) is 9.47 Å². The van der Waals surface area contributed by atoms with Crippen LogP contribution < -0.4 is 14.8 Å². The minimum absolute atomic E-state index is 0.0402. The van der Waals surface area contributed by atoms with Crippen molar-refractivity contribution in [3.63, 3.8) is 0 Å². The van der Waals surface area contributed by atoms with Gasteiger partial charge in [-0.05, 0) is 36.2 Å². The highest BCUT2D eigenvalue weighted by Crippen LogP contribution is 2.40. The summed E-state index contributed by atoms with van der Waals surface area (Å²) in [6.07, 6.45) is 0.791. The average Bonchev–Trinajstić information content (AvgIpc) is 2.80. The van der Waals surface area contributed by atoms with Crippen molar-refractivity contribution in [3.8, 4) is 17.2 Å². The Balaban J connectivity index is 1.82. The molecule has 1 aliphatic rings. The summed E-state index contributed by atoms with van der Waals surface area (Å²) in [7, 11) is 0. The van der Waals surface area contributed by atoms with E-state index in [0.717, 1.165) is 12.0 Å². The molecule has 3 rings (SSSR count). The molecule has 2 aromatic rings. The van der Waals surface area contributed by atoms with Crippen molar-refractivity contribution >= 4 is 11.6 Å². The molecule has 5 heteroatoms. The normalized spacial score (nSPS) is 14.6. The number of aromatic hydroxyl groups is 1. The van der Waals surface area contributed by atoms with Gasteiger partial charge in [0, 0.05) is 25.6 Å². The third-order valence-corrected chi connectivity index (χ3v) is 3.63. The molecule has 0 unspecified atom stereocenters. The number of ether oxygens (including phenoxy) is 2. The van der Waals surface area contributed by atoms with Gasteiger partial charge in [0.05, 0.1) is 5.56 Å². The molecule has 5 nitrogen and oxygen atoms in total. The van der Waals surface area contributed by atoms with Crippen LogP contribution in [0.25, 0.3) is 0 Å². The molecular weight excluding hydrogens is 294 g/mol. The SMILES string of the molecule is CCc1ccc(O)c(C(=O)Nc2ccc3c(c2)OC(C)(C)O3)c1. The maximum absolute atomic E-state index is 12.4. The van der Waals surface area contributed by atoms with Gasteiger partial charge in [0.25, 0.3) is 5.91 Å². The molecule has 2 N–H and O–H groups in total. The molecule has 0 atom stereocenters. The van der Waals surface area contributed by atoms with Gasteiger partial charge in [-0.2, -0.15) is 0 Å². The number of benzene rings is 2. The Hall–Kier alpha value is -2.69. The molecule has 1 heterocycles. The summed E-state index contributed by atoms with van der Waals surface area (Å²) in [6.45, 7) is 5.63. The molecule has 0 fully saturated rings. The first-order valence-corrected chi connectivity index (χ1v) is 7.53. The molecule has 0 aromatic heterocycles. The number of fused-ring (bicyclic) bond motifs is 1. The molecule has 23 heavy (non-hydrogen) atoms. The molecule has 0 radical (unpaired) electrons. The predicted molar refractivity (Wildman–Crippen MR) is 87.2 cm³/mol. The van der Waals surface area contributed by atoms with E-state index in [0.29, 0.717) is 17.2 Å². The van der Waals surface area contributed by atoms with Crippen LogP contribution >= 0.6 is 0 Å². The molecule has 2 aromatic carbocycles. The van der Waals surface area contributed by atoms with E-state index in [1.807, 2.05) is 20.8 Å². The molecule has 0 spiro atoms. The number of hydrogen-bond donors (Lipinski definition) is 2. The van der Waals surface area contributed by atoms with Gasteiger partial charge in [-0.15, -0.1) is 0 Å². The summed E-state index contributed by atoms with van der Waals surface area (Å²) >= 11 is 0. The van der Waals surface area contributed by atoms with Crippen molar-refractivity contribution in [1.29, 1.82) is 0 Å². The lowest BCUT2D eigenvalue weighted by Crippen LogP contribution is -2.29. The predicted octanol–water partition coefficient (Wildman–Crippen LogP) is 3.71. The molecular formula is C18H19NO4. The van der Waals surface area contributed by atoms with Crippen LogP contribution in [0.3, 0.4) is 0 Å². The Bertz CT molecular complexity index is 768. The van der Waals surface area contributed by atoms with Gasteiger partial charge in [-0.3, -0.25) is 4.79 Å². The fourth-order valence-corrected chi connectivity index (χ4v) is 2.48. The second-order valence-corrected chi connectivity index (χ2v) is 5.92. The van der Waals surface area contributed by atoms with Gasteiger partial charge >= 0.3 is 0 Å². The molecule has 1 aliphatic heterocycles. The highest BCUT2D eigenvalue weighted by Gasteiger charge is 2.31. The van der Waals surface area contributed by atoms with E-state index in [2.05, 4.69) is 5.32 Å². The Morgan fingerprint density at radius 3 is 2.61 bits per heavy atom. The quantitative estimate of drug-likeness (QED) is 0.906. The number of rotatable bonds is 3. The number of carbonyl (C=O) groups excluding carboxylic acids is 1. The Labute approximate surface area is 134 Å². The van der Waals surface area contributed by atoms with E-state index in [1.165, 1.54) is 6.07 Å². The highest BCUT2D eigenvalue weighted by atomic mass is 16.7. The van der Waals surface area contributed by atoms with E-state index in [1.54, 1.807) is 30.3 Å². The largest absolute Gasteiger partial charge is 0.507 e. The molecule has 1 amide bonds. The number of phenols is 1. The van der Waals surface area contributed by atoms with Crippen LogP contribution in [0.15, 0.2) is 36.4 Å². The van der Waals surface area contributed by atoms with Crippen molar-refractivity contribution < 1.29 is 19.4 Å². The zero-order valence-corrected chi connectivity index (χ0v) is 13.3. The number of hydrogen-bond acceptors (Lipinski definition) is 4. The molecule has 0 saturated heterocycles. The topological polar surface area (TPSA) is 67.8 Å². The minimum Gasteiger partial charge on any atom is -0.507 e. The monoisotopic (exact) mass is 313 g/mol. The van der Waals surface area contributed by atoms with Crippen molar-refractivity contribution in [3.05, 3.63) is 47.5 Å². The molecule has 0 bridgehead atoms. The fraction of sp³-hybridized carbons (Fsp3) is 0.278. The Morgan fingerprint density at radius 1 is 1.13 bits per heavy atom. The van der Waals surface area contributed by atoms with Gasteiger partial charge < -0.3 is 19.9 Å². The molecule has 120 valence electrons. The first kappa shape index (κ1) is 15.2. The number of nitrogens with one attached hydrogen (secondary N) is 1. The maximum Gasteiger partial charge on any atom is 0.259 e. The minimum atomic E-state index is -0.710. The average molecular weight is 313 g/mol. The lowest BCUT2D eigenvalue weighted by atomic mass is 10.1. The van der Waals surface area contributed by atoms with Crippen LogP contribution in [0, 0.1) is 0 Å². The first-order chi connectivity index (χ1) is 10.9. The van der Waals surface area contributed by atoms with Crippen molar-refractivity contribution in [2.45, 2.75) is 33.0 Å². The van der Waals surface area contributed by atoms with Crippen LogP contribution in [0.2, 0.25) is 0 Å². The van der Waals surface area contributed by atoms with Crippen LogP contribution in [0.1, 0.15) is 36.7 Å². The zero-order valence-electron chi connectivity index (χ0n) is 13.3. The summed E-state index contributed by atoms with van der Waals surface area (Å²) in [5.74, 6) is 0.110. The van der Waals surface area contributed by atoms with E-state index in [-0.39, 0.29) is 17.2 Å². The van der Waals surface area contributed by atoms with Gasteiger partial charge in [0.2, 0.25) is 5.79 Å². The smallest absolute Gasteiger partial charge is 0.259 e. The molecule has 0 aliphatic carbocycles. The van der Waals surface area contributed by atoms with Gasteiger partial charge in [0.1, 0.15) is 5.75 Å². The third-order valence-electron chi connectivity index (χ3n) is 3.63. The lowest BCUT2D eigenvalue weighted by molar-refractivity contribution is -0.0431. The summed E-state index contributed by atoms with van der Waals surface area (Å²) in [5.41, 5.74) is 1.82. The zero-order chi connectivity index (χ0) is 16.6. The maximum atomic E-state index is 12.4. The molecule has 0 saturated carbocycles.